The first-order valence-electron chi connectivity index (χ1n) is 4.31. The monoisotopic (exact) mass is 208 g/mol. The van der Waals surface area contributed by atoms with E-state index in [1.807, 2.05) is 0 Å². The van der Waals surface area contributed by atoms with Crippen LogP contribution >= 0.6 is 0 Å². The quantitative estimate of drug-likeness (QED) is 0.637. The fourth-order valence-corrected chi connectivity index (χ4v) is 2.42. The van der Waals surface area contributed by atoms with Gasteiger partial charge in [-0.05, 0) is 18.8 Å². The van der Waals surface area contributed by atoms with Crippen LogP contribution in [0.1, 0.15) is 12.8 Å². The Balaban J connectivity index is 2.39. The molecule has 78 valence electrons. The summed E-state index contributed by atoms with van der Waals surface area (Å²) in [5.41, 5.74) is 0. The van der Waals surface area contributed by atoms with Gasteiger partial charge in [0.2, 0.25) is 10.0 Å². The second-order valence-corrected chi connectivity index (χ2v) is 5.42. The van der Waals surface area contributed by atoms with Crippen LogP contribution in [0.4, 0.5) is 0 Å². The van der Waals surface area contributed by atoms with E-state index < -0.39 is 10.0 Å². The van der Waals surface area contributed by atoms with E-state index in [2.05, 4.69) is 4.84 Å². The van der Waals surface area contributed by atoms with Crippen molar-refractivity contribution in [3.05, 3.63) is 0 Å². The van der Waals surface area contributed by atoms with Crippen LogP contribution in [0.15, 0.2) is 0 Å². The summed E-state index contributed by atoms with van der Waals surface area (Å²) in [4.78, 5) is 4.53. The van der Waals surface area contributed by atoms with Gasteiger partial charge in [-0.25, -0.2) is 18.6 Å². The standard InChI is InChI=1S/C7H16N2O3S/c1-13(10,11)9-4-2-7(3-5-9)6-12-8/h7H,2-6,8H2,1H3. The Bertz CT molecular complexity index is 244. The third-order valence-corrected chi connectivity index (χ3v) is 3.68. The van der Waals surface area contributed by atoms with E-state index in [9.17, 15) is 8.42 Å². The van der Waals surface area contributed by atoms with Crippen molar-refractivity contribution in [3.8, 4) is 0 Å². The first kappa shape index (κ1) is 10.9. The van der Waals surface area contributed by atoms with E-state index in [1.165, 1.54) is 10.6 Å². The molecule has 0 atom stereocenters. The van der Waals surface area contributed by atoms with Gasteiger partial charge in [-0.2, -0.15) is 0 Å². The first-order chi connectivity index (χ1) is 6.04. The van der Waals surface area contributed by atoms with Gasteiger partial charge in [0.05, 0.1) is 12.9 Å². The summed E-state index contributed by atoms with van der Waals surface area (Å²) in [5.74, 6) is 5.35. The highest BCUT2D eigenvalue weighted by atomic mass is 32.2. The molecule has 0 saturated carbocycles. The zero-order valence-electron chi connectivity index (χ0n) is 7.77. The smallest absolute Gasteiger partial charge is 0.211 e. The Morgan fingerprint density at radius 1 is 1.46 bits per heavy atom. The summed E-state index contributed by atoms with van der Waals surface area (Å²) in [6.07, 6.45) is 2.92. The molecule has 1 fully saturated rings. The van der Waals surface area contributed by atoms with E-state index in [0.29, 0.717) is 25.6 Å². The Morgan fingerprint density at radius 3 is 2.38 bits per heavy atom. The molecule has 1 heterocycles. The number of nitrogens with zero attached hydrogens (tertiary/aromatic N) is 1. The molecular weight excluding hydrogens is 192 g/mol. The van der Waals surface area contributed by atoms with Gasteiger partial charge in [-0.3, -0.25) is 0 Å². The Morgan fingerprint density at radius 2 is 2.00 bits per heavy atom. The largest absolute Gasteiger partial charge is 0.304 e. The lowest BCUT2D eigenvalue weighted by molar-refractivity contribution is 0.0806. The van der Waals surface area contributed by atoms with Gasteiger partial charge in [0.15, 0.2) is 0 Å². The van der Waals surface area contributed by atoms with Crippen molar-refractivity contribution in [1.29, 1.82) is 0 Å². The van der Waals surface area contributed by atoms with Crippen LogP contribution in [-0.4, -0.2) is 38.7 Å². The second-order valence-electron chi connectivity index (χ2n) is 3.44. The molecule has 0 radical (unpaired) electrons. The van der Waals surface area contributed by atoms with Crippen LogP contribution in [0.3, 0.4) is 0 Å². The van der Waals surface area contributed by atoms with Crippen LogP contribution in [0, 0.1) is 5.92 Å². The molecule has 0 aromatic heterocycles. The van der Waals surface area contributed by atoms with Crippen molar-refractivity contribution < 1.29 is 13.3 Å². The van der Waals surface area contributed by atoms with Gasteiger partial charge >= 0.3 is 0 Å². The molecule has 1 saturated heterocycles. The van der Waals surface area contributed by atoms with Gasteiger partial charge < -0.3 is 4.84 Å². The lowest BCUT2D eigenvalue weighted by Gasteiger charge is -2.29. The first-order valence-corrected chi connectivity index (χ1v) is 6.15. The van der Waals surface area contributed by atoms with Gasteiger partial charge in [0.1, 0.15) is 0 Å². The third-order valence-electron chi connectivity index (χ3n) is 2.37. The maximum atomic E-state index is 11.1. The SMILES string of the molecule is CS(=O)(=O)N1CCC(CON)CC1. The summed E-state index contributed by atoms with van der Waals surface area (Å²) in [6.45, 7) is 1.71. The maximum Gasteiger partial charge on any atom is 0.211 e. The minimum absolute atomic E-state index is 0.406. The molecule has 5 nitrogen and oxygen atoms in total. The van der Waals surface area contributed by atoms with Crippen molar-refractivity contribution in [2.24, 2.45) is 11.8 Å². The average Bonchev–Trinajstić information content (AvgIpc) is 2.04. The molecule has 0 bridgehead atoms. The number of hydrogen-bond acceptors (Lipinski definition) is 4. The lowest BCUT2D eigenvalue weighted by Crippen LogP contribution is -2.38. The van der Waals surface area contributed by atoms with Crippen molar-refractivity contribution in [1.82, 2.24) is 4.31 Å². The molecule has 0 aliphatic carbocycles. The van der Waals surface area contributed by atoms with Crippen molar-refractivity contribution in [3.63, 3.8) is 0 Å². The topological polar surface area (TPSA) is 72.6 Å². The van der Waals surface area contributed by atoms with Crippen LogP contribution < -0.4 is 5.90 Å². The molecule has 0 aromatic carbocycles. The highest BCUT2D eigenvalue weighted by Gasteiger charge is 2.24. The predicted octanol–water partition coefficient (Wildman–Crippen LogP) is -0.452. The van der Waals surface area contributed by atoms with Crippen LogP contribution in [0.2, 0.25) is 0 Å². The molecule has 13 heavy (non-hydrogen) atoms. The molecule has 0 aromatic rings. The zero-order valence-corrected chi connectivity index (χ0v) is 8.59. The summed E-state index contributed by atoms with van der Waals surface area (Å²) in [7, 11) is -3.00. The molecule has 6 heteroatoms. The van der Waals surface area contributed by atoms with E-state index in [0.717, 1.165) is 12.8 Å². The number of sulfonamides is 1. The van der Waals surface area contributed by atoms with E-state index in [-0.39, 0.29) is 0 Å². The second kappa shape index (κ2) is 4.36. The van der Waals surface area contributed by atoms with E-state index in [1.54, 1.807) is 0 Å². The molecule has 1 aliphatic heterocycles. The number of hydrogen-bond donors (Lipinski definition) is 1. The minimum atomic E-state index is -3.00. The summed E-state index contributed by atoms with van der Waals surface area (Å²) in [5, 5.41) is 0. The van der Waals surface area contributed by atoms with Crippen molar-refractivity contribution in [2.45, 2.75) is 12.8 Å². The van der Waals surface area contributed by atoms with Crippen LogP contribution in [0.5, 0.6) is 0 Å². The molecule has 0 spiro atoms. The maximum absolute atomic E-state index is 11.1. The highest BCUT2D eigenvalue weighted by molar-refractivity contribution is 7.88. The molecule has 0 unspecified atom stereocenters. The van der Waals surface area contributed by atoms with Gasteiger partial charge in [0, 0.05) is 13.1 Å². The molecule has 0 amide bonds. The highest BCUT2D eigenvalue weighted by Crippen LogP contribution is 2.18. The predicted molar refractivity (Wildman–Crippen MR) is 49.3 cm³/mol. The average molecular weight is 208 g/mol. The Kier molecular flexibility index (Phi) is 3.66. The Labute approximate surface area is 78.9 Å². The third kappa shape index (κ3) is 3.22. The lowest BCUT2D eigenvalue weighted by atomic mass is 9.99. The number of rotatable bonds is 3. The van der Waals surface area contributed by atoms with Crippen molar-refractivity contribution >= 4 is 10.0 Å². The summed E-state index contributed by atoms with van der Waals surface area (Å²) in [6, 6.07) is 0. The van der Waals surface area contributed by atoms with Gasteiger partial charge in [-0.15, -0.1) is 0 Å². The zero-order chi connectivity index (χ0) is 9.90. The minimum Gasteiger partial charge on any atom is -0.304 e. The summed E-state index contributed by atoms with van der Waals surface area (Å²) < 4.78 is 23.7. The van der Waals surface area contributed by atoms with Gasteiger partial charge in [-0.1, -0.05) is 0 Å². The molecule has 1 aliphatic rings. The molecule has 2 N–H and O–H groups in total. The summed E-state index contributed by atoms with van der Waals surface area (Å²) >= 11 is 0. The number of nitrogens with two attached hydrogens (primary N) is 1. The van der Waals surface area contributed by atoms with E-state index >= 15 is 0 Å². The fraction of sp³-hybridized carbons (Fsp3) is 1.00. The Hall–Kier alpha value is -0.170. The van der Waals surface area contributed by atoms with Crippen LogP contribution in [0.25, 0.3) is 0 Å². The molecule has 1 rings (SSSR count). The van der Waals surface area contributed by atoms with E-state index in [4.69, 9.17) is 5.90 Å². The number of piperidine rings is 1. The van der Waals surface area contributed by atoms with Crippen molar-refractivity contribution in [2.75, 3.05) is 26.0 Å². The van der Waals surface area contributed by atoms with Gasteiger partial charge in [0.25, 0.3) is 0 Å². The normalized spacial score (nSPS) is 22.0. The molecular formula is C7H16N2O3S. The van der Waals surface area contributed by atoms with Crippen LogP contribution in [-0.2, 0) is 14.9 Å². The fourth-order valence-electron chi connectivity index (χ4n) is 1.54.